The van der Waals surface area contributed by atoms with E-state index in [1.807, 2.05) is 30.3 Å². The molecular formula is C11H9N5S. The fourth-order valence-electron chi connectivity index (χ4n) is 1.68. The Balaban J connectivity index is 2.08. The van der Waals surface area contributed by atoms with E-state index in [2.05, 4.69) is 18.7 Å². The van der Waals surface area contributed by atoms with E-state index in [0.717, 1.165) is 22.9 Å². The van der Waals surface area contributed by atoms with E-state index in [0.29, 0.717) is 12.1 Å². The molecule has 3 rings (SSSR count). The Morgan fingerprint density at radius 3 is 2.71 bits per heavy atom. The molecule has 0 fully saturated rings. The zero-order valence-electron chi connectivity index (χ0n) is 8.87. The van der Waals surface area contributed by atoms with Crippen molar-refractivity contribution in [1.82, 2.24) is 18.7 Å². The fraction of sp³-hybridized carbons (Fsp3) is 0.0909. The summed E-state index contributed by atoms with van der Waals surface area (Å²) < 4.78 is 8.29. The van der Waals surface area contributed by atoms with Gasteiger partial charge in [0.15, 0.2) is 5.65 Å². The maximum atomic E-state index is 5.65. The van der Waals surface area contributed by atoms with Crippen LogP contribution in [0.15, 0.2) is 30.3 Å². The van der Waals surface area contributed by atoms with Gasteiger partial charge in [-0.3, -0.25) is 0 Å². The number of hydrogen-bond donors (Lipinski definition) is 1. The molecule has 3 aromatic rings. The van der Waals surface area contributed by atoms with Gasteiger partial charge in [0.2, 0.25) is 5.95 Å². The number of anilines is 1. The second kappa shape index (κ2) is 4.06. The summed E-state index contributed by atoms with van der Waals surface area (Å²) in [6, 6.07) is 10.1. The minimum absolute atomic E-state index is 0.246. The van der Waals surface area contributed by atoms with Gasteiger partial charge in [-0.1, -0.05) is 30.3 Å². The van der Waals surface area contributed by atoms with E-state index in [-0.39, 0.29) is 5.95 Å². The van der Waals surface area contributed by atoms with Gasteiger partial charge in [0.1, 0.15) is 5.52 Å². The first-order valence-corrected chi connectivity index (χ1v) is 5.84. The first-order chi connectivity index (χ1) is 8.33. The van der Waals surface area contributed by atoms with Crippen molar-refractivity contribution >= 4 is 28.8 Å². The zero-order valence-corrected chi connectivity index (χ0v) is 9.68. The first kappa shape index (κ1) is 10.1. The molecule has 6 heteroatoms. The molecule has 0 saturated carbocycles. The number of benzene rings is 1. The minimum Gasteiger partial charge on any atom is -0.368 e. The van der Waals surface area contributed by atoms with Crippen LogP contribution in [0.4, 0.5) is 5.95 Å². The van der Waals surface area contributed by atoms with Crippen LogP contribution in [0.5, 0.6) is 0 Å². The predicted molar refractivity (Wildman–Crippen MR) is 66.7 cm³/mol. The van der Waals surface area contributed by atoms with Gasteiger partial charge < -0.3 is 5.73 Å². The van der Waals surface area contributed by atoms with Gasteiger partial charge in [0, 0.05) is 6.42 Å². The van der Waals surface area contributed by atoms with E-state index in [4.69, 9.17) is 5.73 Å². The Morgan fingerprint density at radius 2 is 1.88 bits per heavy atom. The van der Waals surface area contributed by atoms with Crippen molar-refractivity contribution in [2.75, 3.05) is 5.73 Å². The molecule has 0 atom stereocenters. The lowest BCUT2D eigenvalue weighted by molar-refractivity contribution is 1.06. The summed E-state index contributed by atoms with van der Waals surface area (Å²) in [5, 5.41) is 0. The Bertz CT molecular complexity index is 649. The third-order valence-electron chi connectivity index (χ3n) is 2.43. The highest BCUT2D eigenvalue weighted by Gasteiger charge is 2.10. The Kier molecular flexibility index (Phi) is 2.41. The van der Waals surface area contributed by atoms with Crippen molar-refractivity contribution in [2.24, 2.45) is 0 Å². The van der Waals surface area contributed by atoms with Crippen LogP contribution >= 0.6 is 11.7 Å². The van der Waals surface area contributed by atoms with Crippen LogP contribution in [0.3, 0.4) is 0 Å². The third kappa shape index (κ3) is 1.94. The highest BCUT2D eigenvalue weighted by atomic mass is 32.1. The molecule has 0 spiro atoms. The van der Waals surface area contributed by atoms with Crippen LogP contribution in [-0.2, 0) is 6.42 Å². The number of rotatable bonds is 2. The van der Waals surface area contributed by atoms with Crippen molar-refractivity contribution < 1.29 is 0 Å². The minimum atomic E-state index is 0.246. The number of nitrogen functional groups attached to an aromatic ring is 1. The molecule has 0 aliphatic carbocycles. The number of hydrogen-bond acceptors (Lipinski definition) is 6. The van der Waals surface area contributed by atoms with E-state index >= 15 is 0 Å². The average Bonchev–Trinajstić information content (AvgIpc) is 2.78. The Morgan fingerprint density at radius 1 is 1.06 bits per heavy atom. The number of nitrogens with zero attached hydrogens (tertiary/aromatic N) is 4. The normalized spacial score (nSPS) is 10.8. The molecule has 2 N–H and O–H groups in total. The highest BCUT2D eigenvalue weighted by Crippen LogP contribution is 2.17. The number of aromatic nitrogens is 4. The molecule has 0 aliphatic heterocycles. The molecule has 0 radical (unpaired) electrons. The zero-order chi connectivity index (χ0) is 11.7. The average molecular weight is 243 g/mol. The molecule has 1 aromatic carbocycles. The quantitative estimate of drug-likeness (QED) is 0.740. The van der Waals surface area contributed by atoms with Crippen molar-refractivity contribution in [3.05, 3.63) is 41.6 Å². The third-order valence-corrected chi connectivity index (χ3v) is 2.95. The lowest BCUT2D eigenvalue weighted by Gasteiger charge is -2.02. The summed E-state index contributed by atoms with van der Waals surface area (Å²) in [6.45, 7) is 0. The number of fused-ring (bicyclic) bond motifs is 1. The topological polar surface area (TPSA) is 77.6 Å². The summed E-state index contributed by atoms with van der Waals surface area (Å²) in [6.07, 6.45) is 0.690. The molecule has 5 nitrogen and oxygen atoms in total. The molecule has 2 aromatic heterocycles. The van der Waals surface area contributed by atoms with Crippen LogP contribution in [0.2, 0.25) is 0 Å². The van der Waals surface area contributed by atoms with Gasteiger partial charge in [-0.25, -0.2) is 4.98 Å². The Labute approximate surface area is 102 Å². The predicted octanol–water partition coefficient (Wildman–Crippen LogP) is 1.65. The maximum absolute atomic E-state index is 5.65. The van der Waals surface area contributed by atoms with Crippen molar-refractivity contribution in [1.29, 1.82) is 0 Å². The van der Waals surface area contributed by atoms with Gasteiger partial charge in [0.05, 0.1) is 17.4 Å². The van der Waals surface area contributed by atoms with E-state index in [9.17, 15) is 0 Å². The van der Waals surface area contributed by atoms with Crippen LogP contribution in [-0.4, -0.2) is 18.7 Å². The smallest absolute Gasteiger partial charge is 0.222 e. The standard InChI is InChI=1S/C11H9N5S/c12-11-13-8(6-7-4-2-1-3-5-7)9-10(14-11)16-17-15-9/h1-5H,6H2,(H2,12,14,16). The van der Waals surface area contributed by atoms with Crippen LogP contribution < -0.4 is 5.73 Å². The molecular weight excluding hydrogens is 234 g/mol. The van der Waals surface area contributed by atoms with Gasteiger partial charge in [-0.15, -0.1) is 0 Å². The van der Waals surface area contributed by atoms with Crippen LogP contribution in [0.1, 0.15) is 11.3 Å². The molecule has 84 valence electrons. The molecule has 0 saturated heterocycles. The van der Waals surface area contributed by atoms with E-state index in [1.54, 1.807) is 0 Å². The molecule has 0 unspecified atom stereocenters. The highest BCUT2D eigenvalue weighted by molar-refractivity contribution is 7.00. The molecule has 17 heavy (non-hydrogen) atoms. The Hall–Kier alpha value is -2.08. The van der Waals surface area contributed by atoms with Crippen LogP contribution in [0, 0.1) is 0 Å². The van der Waals surface area contributed by atoms with Gasteiger partial charge in [-0.2, -0.15) is 13.7 Å². The summed E-state index contributed by atoms with van der Waals surface area (Å²) in [7, 11) is 0. The second-order valence-corrected chi connectivity index (χ2v) is 4.16. The van der Waals surface area contributed by atoms with Crippen molar-refractivity contribution in [3.63, 3.8) is 0 Å². The summed E-state index contributed by atoms with van der Waals surface area (Å²) in [4.78, 5) is 8.28. The lowest BCUT2D eigenvalue weighted by atomic mass is 10.1. The van der Waals surface area contributed by atoms with Gasteiger partial charge in [-0.05, 0) is 5.56 Å². The molecule has 0 aliphatic rings. The van der Waals surface area contributed by atoms with Gasteiger partial charge >= 0.3 is 0 Å². The molecule has 0 amide bonds. The van der Waals surface area contributed by atoms with E-state index < -0.39 is 0 Å². The fourth-order valence-corrected chi connectivity index (χ4v) is 2.19. The van der Waals surface area contributed by atoms with Crippen molar-refractivity contribution in [2.45, 2.75) is 6.42 Å². The monoisotopic (exact) mass is 243 g/mol. The maximum Gasteiger partial charge on any atom is 0.222 e. The first-order valence-electron chi connectivity index (χ1n) is 5.11. The summed E-state index contributed by atoms with van der Waals surface area (Å²) in [5.41, 5.74) is 8.97. The van der Waals surface area contributed by atoms with E-state index in [1.165, 1.54) is 5.56 Å². The second-order valence-electron chi connectivity index (χ2n) is 3.63. The summed E-state index contributed by atoms with van der Waals surface area (Å²) >= 11 is 1.13. The molecule has 0 bridgehead atoms. The summed E-state index contributed by atoms with van der Waals surface area (Å²) in [5.74, 6) is 0.246. The van der Waals surface area contributed by atoms with Gasteiger partial charge in [0.25, 0.3) is 0 Å². The SMILES string of the molecule is Nc1nc(Cc2ccccc2)c2nsnc2n1. The lowest BCUT2D eigenvalue weighted by Crippen LogP contribution is -2.01. The largest absolute Gasteiger partial charge is 0.368 e. The van der Waals surface area contributed by atoms with Crippen molar-refractivity contribution in [3.8, 4) is 0 Å². The van der Waals surface area contributed by atoms with Crippen LogP contribution in [0.25, 0.3) is 11.2 Å². The molecule has 2 heterocycles. The number of nitrogens with two attached hydrogens (primary N) is 1.